The lowest BCUT2D eigenvalue weighted by atomic mass is 10.1. The second-order valence-electron chi connectivity index (χ2n) is 3.73. The molecule has 1 N–H and O–H groups in total. The number of ether oxygens (including phenoxy) is 1. The highest BCUT2D eigenvalue weighted by molar-refractivity contribution is 5.89. The highest BCUT2D eigenvalue weighted by Crippen LogP contribution is 2.27. The molecule has 0 radical (unpaired) electrons. The Morgan fingerprint density at radius 1 is 1.27 bits per heavy atom. The van der Waals surface area contributed by atoms with Crippen molar-refractivity contribution in [2.75, 3.05) is 0 Å². The lowest BCUT2D eigenvalue weighted by molar-refractivity contribution is -0.131. The van der Waals surface area contributed by atoms with E-state index in [1.54, 1.807) is 6.20 Å². The first kappa shape index (κ1) is 9.77. The van der Waals surface area contributed by atoms with Crippen LogP contribution >= 0.6 is 0 Å². The lowest BCUT2D eigenvalue weighted by Gasteiger charge is -2.02. The third-order valence-corrected chi connectivity index (χ3v) is 2.51. The zero-order valence-corrected chi connectivity index (χ0v) is 9.05. The molecule has 78 valence electrons. The first-order valence-electron chi connectivity index (χ1n) is 4.84. The second kappa shape index (κ2) is 3.42. The SMILES string of the molecule is CC(=O)Oc1c[nH]c2cc(C)c(C)cc12. The first-order chi connectivity index (χ1) is 7.08. The lowest BCUT2D eigenvalue weighted by Crippen LogP contribution is -2.00. The zero-order valence-electron chi connectivity index (χ0n) is 9.05. The molecule has 0 spiro atoms. The van der Waals surface area contributed by atoms with E-state index >= 15 is 0 Å². The fraction of sp³-hybridized carbons (Fsp3) is 0.250. The molecule has 0 aliphatic heterocycles. The van der Waals surface area contributed by atoms with Crippen molar-refractivity contribution in [2.24, 2.45) is 0 Å². The standard InChI is InChI=1S/C12H13NO2/c1-7-4-10-11(5-8(7)2)13-6-12(10)15-9(3)14/h4-6,13H,1-3H3. The number of fused-ring (bicyclic) bond motifs is 1. The molecule has 1 aromatic carbocycles. The molecule has 0 bridgehead atoms. The van der Waals surface area contributed by atoms with Gasteiger partial charge in [0, 0.05) is 24.0 Å². The molecule has 3 nitrogen and oxygen atoms in total. The van der Waals surface area contributed by atoms with Crippen molar-refractivity contribution in [3.8, 4) is 5.75 Å². The van der Waals surface area contributed by atoms with Crippen LogP contribution in [0.1, 0.15) is 18.1 Å². The smallest absolute Gasteiger partial charge is 0.308 e. The maximum atomic E-state index is 10.9. The van der Waals surface area contributed by atoms with Gasteiger partial charge in [-0.25, -0.2) is 0 Å². The Labute approximate surface area is 88.1 Å². The van der Waals surface area contributed by atoms with E-state index in [9.17, 15) is 4.79 Å². The van der Waals surface area contributed by atoms with Crippen LogP contribution in [-0.2, 0) is 4.79 Å². The molecule has 1 heterocycles. The molecule has 0 amide bonds. The Bertz CT molecular complexity index is 526. The number of aryl methyl sites for hydroxylation is 2. The van der Waals surface area contributed by atoms with E-state index in [0.29, 0.717) is 5.75 Å². The van der Waals surface area contributed by atoms with Crippen molar-refractivity contribution in [2.45, 2.75) is 20.8 Å². The highest BCUT2D eigenvalue weighted by atomic mass is 16.5. The summed E-state index contributed by atoms with van der Waals surface area (Å²) in [7, 11) is 0. The minimum Gasteiger partial charge on any atom is -0.424 e. The Morgan fingerprint density at radius 3 is 2.60 bits per heavy atom. The van der Waals surface area contributed by atoms with Gasteiger partial charge in [-0.3, -0.25) is 4.79 Å². The number of H-pyrrole nitrogens is 1. The minimum absolute atomic E-state index is 0.297. The maximum absolute atomic E-state index is 10.9. The van der Waals surface area contributed by atoms with Crippen LogP contribution in [0.3, 0.4) is 0 Å². The molecule has 0 aliphatic carbocycles. The average Bonchev–Trinajstić information content (AvgIpc) is 2.49. The van der Waals surface area contributed by atoms with E-state index < -0.39 is 0 Å². The summed E-state index contributed by atoms with van der Waals surface area (Å²) in [6, 6.07) is 4.08. The van der Waals surface area contributed by atoms with Crippen LogP contribution in [0.5, 0.6) is 5.75 Å². The van der Waals surface area contributed by atoms with E-state index in [4.69, 9.17) is 4.74 Å². The van der Waals surface area contributed by atoms with Gasteiger partial charge >= 0.3 is 5.97 Å². The van der Waals surface area contributed by atoms with E-state index in [-0.39, 0.29) is 5.97 Å². The predicted octanol–water partition coefficient (Wildman–Crippen LogP) is 2.71. The molecule has 1 aromatic heterocycles. The van der Waals surface area contributed by atoms with Gasteiger partial charge in [-0.1, -0.05) is 0 Å². The van der Waals surface area contributed by atoms with E-state index in [1.165, 1.54) is 18.1 Å². The molecule has 0 saturated carbocycles. The predicted molar refractivity (Wildman–Crippen MR) is 59.1 cm³/mol. The normalized spacial score (nSPS) is 10.6. The molecule has 0 saturated heterocycles. The number of hydrogen-bond acceptors (Lipinski definition) is 2. The van der Waals surface area contributed by atoms with Crippen molar-refractivity contribution in [3.63, 3.8) is 0 Å². The fourth-order valence-corrected chi connectivity index (χ4v) is 1.60. The molecular formula is C12H13NO2. The summed E-state index contributed by atoms with van der Waals surface area (Å²) >= 11 is 0. The Kier molecular flexibility index (Phi) is 2.23. The number of aromatic nitrogens is 1. The molecule has 2 aromatic rings. The number of carbonyl (C=O) groups is 1. The summed E-state index contributed by atoms with van der Waals surface area (Å²) in [5.41, 5.74) is 3.41. The van der Waals surface area contributed by atoms with Gasteiger partial charge in [0.2, 0.25) is 0 Å². The Balaban J connectivity index is 2.59. The highest BCUT2D eigenvalue weighted by Gasteiger charge is 2.08. The zero-order chi connectivity index (χ0) is 11.0. The number of esters is 1. The topological polar surface area (TPSA) is 42.1 Å². The largest absolute Gasteiger partial charge is 0.424 e. The van der Waals surface area contributed by atoms with Crippen LogP contribution < -0.4 is 4.74 Å². The first-order valence-corrected chi connectivity index (χ1v) is 4.84. The van der Waals surface area contributed by atoms with Crippen molar-refractivity contribution in [1.29, 1.82) is 0 Å². The van der Waals surface area contributed by atoms with Crippen molar-refractivity contribution in [3.05, 3.63) is 29.5 Å². The van der Waals surface area contributed by atoms with Gasteiger partial charge in [0.05, 0.1) is 0 Å². The molecule has 0 aliphatic rings. The average molecular weight is 203 g/mol. The van der Waals surface area contributed by atoms with Crippen LogP contribution in [0.2, 0.25) is 0 Å². The van der Waals surface area contributed by atoms with Gasteiger partial charge in [0.15, 0.2) is 5.75 Å². The van der Waals surface area contributed by atoms with Crippen LogP contribution in [0.25, 0.3) is 10.9 Å². The van der Waals surface area contributed by atoms with Gasteiger partial charge in [-0.05, 0) is 37.1 Å². The monoisotopic (exact) mass is 203 g/mol. The molecule has 3 heteroatoms. The summed E-state index contributed by atoms with van der Waals surface area (Å²) in [5.74, 6) is 0.301. The number of carbonyl (C=O) groups excluding carboxylic acids is 1. The van der Waals surface area contributed by atoms with Gasteiger partial charge in [0.1, 0.15) is 0 Å². The molecule has 0 unspecified atom stereocenters. The maximum Gasteiger partial charge on any atom is 0.308 e. The summed E-state index contributed by atoms with van der Waals surface area (Å²) in [4.78, 5) is 14.0. The Morgan fingerprint density at radius 2 is 1.93 bits per heavy atom. The molecule has 2 rings (SSSR count). The third kappa shape index (κ3) is 1.73. The van der Waals surface area contributed by atoms with E-state index in [2.05, 4.69) is 18.0 Å². The summed E-state index contributed by atoms with van der Waals surface area (Å²) in [6.07, 6.45) is 1.71. The van der Waals surface area contributed by atoms with Crippen molar-refractivity contribution >= 4 is 16.9 Å². The quantitative estimate of drug-likeness (QED) is 0.724. The third-order valence-electron chi connectivity index (χ3n) is 2.51. The van der Waals surface area contributed by atoms with Crippen LogP contribution in [0.4, 0.5) is 0 Å². The number of nitrogens with one attached hydrogen (secondary N) is 1. The number of benzene rings is 1. The van der Waals surface area contributed by atoms with Crippen LogP contribution in [-0.4, -0.2) is 11.0 Å². The summed E-state index contributed by atoms with van der Waals surface area (Å²) in [6.45, 7) is 5.50. The van der Waals surface area contributed by atoms with Crippen molar-refractivity contribution in [1.82, 2.24) is 4.98 Å². The van der Waals surface area contributed by atoms with E-state index in [0.717, 1.165) is 10.9 Å². The molecule has 15 heavy (non-hydrogen) atoms. The van der Waals surface area contributed by atoms with E-state index in [1.807, 2.05) is 13.0 Å². The summed E-state index contributed by atoms with van der Waals surface area (Å²) in [5, 5.41) is 0.952. The van der Waals surface area contributed by atoms with Gasteiger partial charge in [-0.2, -0.15) is 0 Å². The molecular weight excluding hydrogens is 190 g/mol. The van der Waals surface area contributed by atoms with Gasteiger partial charge in [0.25, 0.3) is 0 Å². The molecule has 0 atom stereocenters. The van der Waals surface area contributed by atoms with Crippen molar-refractivity contribution < 1.29 is 9.53 Å². The number of rotatable bonds is 1. The van der Waals surface area contributed by atoms with Crippen LogP contribution in [0.15, 0.2) is 18.3 Å². The summed E-state index contributed by atoms with van der Waals surface area (Å²) < 4.78 is 5.09. The van der Waals surface area contributed by atoms with Crippen LogP contribution in [0, 0.1) is 13.8 Å². The Hall–Kier alpha value is -1.77. The van der Waals surface area contributed by atoms with Gasteiger partial charge in [-0.15, -0.1) is 0 Å². The number of hydrogen-bond donors (Lipinski definition) is 1. The number of aromatic amines is 1. The minimum atomic E-state index is -0.297. The van der Waals surface area contributed by atoms with Gasteiger partial charge < -0.3 is 9.72 Å². The molecule has 0 fully saturated rings. The second-order valence-corrected chi connectivity index (χ2v) is 3.73. The fourth-order valence-electron chi connectivity index (χ4n) is 1.60.